The number of benzene rings is 1. The summed E-state index contributed by atoms with van der Waals surface area (Å²) in [5.41, 5.74) is 4.58. The largest absolute Gasteiger partial charge is 0.385 e. The number of aromatic amines is 1. The summed E-state index contributed by atoms with van der Waals surface area (Å²) in [6, 6.07) is 6.01. The van der Waals surface area contributed by atoms with Crippen molar-refractivity contribution in [1.29, 1.82) is 0 Å². The van der Waals surface area contributed by atoms with Crippen LogP contribution in [0.1, 0.15) is 17.7 Å². The Morgan fingerprint density at radius 1 is 1.38 bits per heavy atom. The number of H-pyrrole nitrogens is 1. The Balaban J connectivity index is 2.34. The number of nitrogens with one attached hydrogen (secondary N) is 1. The summed E-state index contributed by atoms with van der Waals surface area (Å²) in [4.78, 5) is 3.38. The monoisotopic (exact) mass is 213 g/mol. The van der Waals surface area contributed by atoms with Gasteiger partial charge in [0.1, 0.15) is 7.85 Å². The fourth-order valence-corrected chi connectivity index (χ4v) is 2.12. The quantitative estimate of drug-likeness (QED) is 0.608. The lowest BCUT2D eigenvalue weighted by molar-refractivity contribution is 0.195. The molecule has 2 radical (unpaired) electrons. The normalized spacial score (nSPS) is 11.1. The van der Waals surface area contributed by atoms with Crippen molar-refractivity contribution in [3.05, 3.63) is 29.5 Å². The van der Waals surface area contributed by atoms with E-state index < -0.39 is 0 Å². The molecule has 0 aliphatic heterocycles. The van der Waals surface area contributed by atoms with Crippen LogP contribution in [0.2, 0.25) is 0 Å². The first-order valence-corrected chi connectivity index (χ1v) is 5.58. The number of methoxy groups -OCH3 is 1. The van der Waals surface area contributed by atoms with Gasteiger partial charge in [-0.15, -0.1) is 0 Å². The third kappa shape index (κ3) is 2.14. The molecule has 0 bridgehead atoms. The molecule has 0 fully saturated rings. The van der Waals surface area contributed by atoms with Crippen LogP contribution < -0.4 is 5.46 Å². The second-order valence-corrected chi connectivity index (χ2v) is 4.13. The maximum absolute atomic E-state index is 5.82. The first kappa shape index (κ1) is 11.3. The summed E-state index contributed by atoms with van der Waals surface area (Å²) in [5, 5.41) is 1.24. The summed E-state index contributed by atoms with van der Waals surface area (Å²) in [6.07, 6.45) is 2.07. The van der Waals surface area contributed by atoms with Crippen molar-refractivity contribution in [2.45, 2.75) is 19.8 Å². The molecule has 1 heterocycles. The van der Waals surface area contributed by atoms with Gasteiger partial charge < -0.3 is 9.72 Å². The van der Waals surface area contributed by atoms with Gasteiger partial charge in [-0.3, -0.25) is 0 Å². The molecule has 0 amide bonds. The van der Waals surface area contributed by atoms with Gasteiger partial charge in [0.2, 0.25) is 0 Å². The van der Waals surface area contributed by atoms with Crippen LogP contribution in [0.5, 0.6) is 0 Å². The van der Waals surface area contributed by atoms with Gasteiger partial charge in [-0.25, -0.2) is 0 Å². The maximum atomic E-state index is 5.82. The van der Waals surface area contributed by atoms with Crippen molar-refractivity contribution < 1.29 is 4.74 Å². The highest BCUT2D eigenvalue weighted by Crippen LogP contribution is 2.22. The third-order valence-electron chi connectivity index (χ3n) is 2.92. The fraction of sp³-hybridized carbons (Fsp3) is 0.385. The number of aryl methyl sites for hydroxylation is 2. The van der Waals surface area contributed by atoms with Crippen molar-refractivity contribution in [2.75, 3.05) is 13.7 Å². The molecule has 0 atom stereocenters. The predicted octanol–water partition coefficient (Wildman–Crippen LogP) is 1.85. The topological polar surface area (TPSA) is 25.0 Å². The summed E-state index contributed by atoms with van der Waals surface area (Å²) < 4.78 is 5.08. The number of hydrogen-bond donors (Lipinski definition) is 1. The van der Waals surface area contributed by atoms with E-state index in [0.29, 0.717) is 0 Å². The van der Waals surface area contributed by atoms with Crippen LogP contribution in [0.4, 0.5) is 0 Å². The van der Waals surface area contributed by atoms with Crippen LogP contribution in [0.3, 0.4) is 0 Å². The predicted molar refractivity (Wildman–Crippen MR) is 68.6 cm³/mol. The average molecular weight is 213 g/mol. The highest BCUT2D eigenvalue weighted by molar-refractivity contribution is 6.33. The first-order valence-electron chi connectivity index (χ1n) is 5.58. The summed E-state index contributed by atoms with van der Waals surface area (Å²) >= 11 is 0. The summed E-state index contributed by atoms with van der Waals surface area (Å²) in [6.45, 7) is 2.91. The molecule has 0 spiro atoms. The van der Waals surface area contributed by atoms with Crippen molar-refractivity contribution in [3.63, 3.8) is 0 Å². The van der Waals surface area contributed by atoms with E-state index in [9.17, 15) is 0 Å². The molecule has 1 aromatic carbocycles. The lowest BCUT2D eigenvalue weighted by atomic mass is 9.93. The Morgan fingerprint density at radius 2 is 2.19 bits per heavy atom. The number of fused-ring (bicyclic) bond motifs is 1. The van der Waals surface area contributed by atoms with Gasteiger partial charge in [-0.05, 0) is 31.4 Å². The SMILES string of the molecule is [B]c1ccc2[nH]c(C)c(CCCOC)c2c1. The highest BCUT2D eigenvalue weighted by atomic mass is 16.5. The van der Waals surface area contributed by atoms with Crippen molar-refractivity contribution in [2.24, 2.45) is 0 Å². The van der Waals surface area contributed by atoms with Crippen LogP contribution in [0, 0.1) is 6.92 Å². The number of ether oxygens (including phenoxy) is 1. The molecule has 82 valence electrons. The third-order valence-corrected chi connectivity index (χ3v) is 2.92. The van der Waals surface area contributed by atoms with Crippen molar-refractivity contribution in [3.8, 4) is 0 Å². The van der Waals surface area contributed by atoms with Crippen LogP contribution in [0.15, 0.2) is 18.2 Å². The van der Waals surface area contributed by atoms with E-state index in [-0.39, 0.29) is 0 Å². The minimum Gasteiger partial charge on any atom is -0.385 e. The zero-order chi connectivity index (χ0) is 11.5. The van der Waals surface area contributed by atoms with E-state index in [0.717, 1.165) is 24.9 Å². The molecule has 1 N–H and O–H groups in total. The molecule has 0 unspecified atom stereocenters. The highest BCUT2D eigenvalue weighted by Gasteiger charge is 2.07. The van der Waals surface area contributed by atoms with E-state index in [1.54, 1.807) is 7.11 Å². The summed E-state index contributed by atoms with van der Waals surface area (Å²) in [7, 11) is 7.55. The van der Waals surface area contributed by atoms with Crippen molar-refractivity contribution in [1.82, 2.24) is 4.98 Å². The average Bonchev–Trinajstić information content (AvgIpc) is 2.56. The molecule has 2 aromatic rings. The van der Waals surface area contributed by atoms with Crippen LogP contribution in [-0.4, -0.2) is 26.5 Å². The van der Waals surface area contributed by atoms with Gasteiger partial charge >= 0.3 is 0 Å². The minimum atomic E-state index is 0.800. The molecule has 3 heteroatoms. The molecule has 0 saturated heterocycles. The van der Waals surface area contributed by atoms with Gasteiger partial charge in [0.15, 0.2) is 0 Å². The number of rotatable bonds is 4. The Hall–Kier alpha value is -1.22. The van der Waals surface area contributed by atoms with Gasteiger partial charge in [0, 0.05) is 30.3 Å². The molecular weight excluding hydrogens is 197 g/mol. The second-order valence-electron chi connectivity index (χ2n) is 4.13. The molecule has 2 nitrogen and oxygen atoms in total. The zero-order valence-corrected chi connectivity index (χ0v) is 9.84. The van der Waals surface area contributed by atoms with E-state index >= 15 is 0 Å². The Kier molecular flexibility index (Phi) is 3.35. The van der Waals surface area contributed by atoms with Crippen LogP contribution in [-0.2, 0) is 11.2 Å². The van der Waals surface area contributed by atoms with Crippen LogP contribution >= 0.6 is 0 Å². The zero-order valence-electron chi connectivity index (χ0n) is 9.84. The summed E-state index contributed by atoms with van der Waals surface area (Å²) in [5.74, 6) is 0. The fourth-order valence-electron chi connectivity index (χ4n) is 2.12. The van der Waals surface area contributed by atoms with E-state index in [2.05, 4.69) is 11.9 Å². The molecular formula is C13H16BNO. The van der Waals surface area contributed by atoms with E-state index in [4.69, 9.17) is 12.6 Å². The standard InChI is InChI=1S/C13H16BNO/c1-9-11(4-3-7-16-2)12-8-10(14)5-6-13(12)15-9/h5-6,8,15H,3-4,7H2,1-2H3. The smallest absolute Gasteiger partial charge is 0.113 e. The van der Waals surface area contributed by atoms with Gasteiger partial charge in [-0.2, -0.15) is 0 Å². The molecule has 1 aromatic heterocycles. The van der Waals surface area contributed by atoms with Crippen LogP contribution in [0.25, 0.3) is 10.9 Å². The van der Waals surface area contributed by atoms with Gasteiger partial charge in [-0.1, -0.05) is 17.6 Å². The molecule has 2 rings (SSSR count). The Labute approximate surface area is 97.4 Å². The van der Waals surface area contributed by atoms with Gasteiger partial charge in [0.05, 0.1) is 0 Å². The minimum absolute atomic E-state index is 0.800. The number of hydrogen-bond acceptors (Lipinski definition) is 1. The second kappa shape index (κ2) is 4.75. The Morgan fingerprint density at radius 3 is 2.94 bits per heavy atom. The lowest BCUT2D eigenvalue weighted by Gasteiger charge is -2.01. The van der Waals surface area contributed by atoms with Gasteiger partial charge in [0.25, 0.3) is 0 Å². The molecule has 0 aliphatic carbocycles. The molecule has 0 aliphatic rings. The maximum Gasteiger partial charge on any atom is 0.113 e. The lowest BCUT2D eigenvalue weighted by Crippen LogP contribution is -2.00. The molecule has 16 heavy (non-hydrogen) atoms. The Bertz CT molecular complexity index is 490. The number of aromatic nitrogens is 1. The molecule has 0 saturated carbocycles. The first-order chi connectivity index (χ1) is 7.72. The van der Waals surface area contributed by atoms with E-state index in [1.807, 2.05) is 18.2 Å². The van der Waals surface area contributed by atoms with E-state index in [1.165, 1.54) is 22.2 Å². The van der Waals surface area contributed by atoms with Crippen molar-refractivity contribution >= 4 is 24.2 Å².